The minimum Gasteiger partial charge on any atom is -0.496 e. The molecular formula is C12H17NO4S. The molecule has 0 bridgehead atoms. The molecule has 1 rings (SSSR count). The van der Waals surface area contributed by atoms with Gasteiger partial charge in [-0.1, -0.05) is 0 Å². The number of methoxy groups -OCH3 is 2. The molecular weight excluding hydrogens is 254 g/mol. The average molecular weight is 271 g/mol. The van der Waals surface area contributed by atoms with Gasteiger partial charge in [0.2, 0.25) is 0 Å². The van der Waals surface area contributed by atoms with E-state index in [1.54, 1.807) is 19.2 Å². The maximum atomic E-state index is 11.2. The molecule has 1 atom stereocenters. The Morgan fingerprint density at radius 2 is 2.00 bits per heavy atom. The van der Waals surface area contributed by atoms with Crippen LogP contribution in [0.4, 0.5) is 0 Å². The first-order chi connectivity index (χ1) is 8.58. The number of rotatable bonds is 6. The number of carboxylic acid groups (broad SMARTS) is 1. The summed E-state index contributed by atoms with van der Waals surface area (Å²) in [5, 5.41) is 9.16. The number of carboxylic acids is 1. The maximum absolute atomic E-state index is 11.2. The van der Waals surface area contributed by atoms with Gasteiger partial charge in [-0.25, -0.2) is 0 Å². The highest BCUT2D eigenvalue weighted by molar-refractivity contribution is 7.98. The summed E-state index contributed by atoms with van der Waals surface area (Å²) in [6.07, 6.45) is 1.91. The van der Waals surface area contributed by atoms with Crippen molar-refractivity contribution in [3.63, 3.8) is 0 Å². The molecule has 0 aromatic heterocycles. The Hall–Kier alpha value is -1.40. The van der Waals surface area contributed by atoms with Gasteiger partial charge in [-0.2, -0.15) is 0 Å². The molecule has 5 nitrogen and oxygen atoms in total. The Morgan fingerprint density at radius 1 is 1.39 bits per heavy atom. The van der Waals surface area contributed by atoms with Crippen LogP contribution < -0.4 is 15.2 Å². The van der Waals surface area contributed by atoms with Gasteiger partial charge in [-0.3, -0.25) is 4.79 Å². The molecule has 0 aliphatic rings. The van der Waals surface area contributed by atoms with E-state index in [9.17, 15) is 4.79 Å². The fraction of sp³-hybridized carbons (Fsp3) is 0.417. The van der Waals surface area contributed by atoms with E-state index in [0.29, 0.717) is 17.1 Å². The van der Waals surface area contributed by atoms with Crippen molar-refractivity contribution in [2.24, 2.45) is 5.73 Å². The van der Waals surface area contributed by atoms with Gasteiger partial charge in [-0.15, -0.1) is 11.8 Å². The van der Waals surface area contributed by atoms with Crippen molar-refractivity contribution in [2.45, 2.75) is 10.8 Å². The number of nitrogens with two attached hydrogens (primary N) is 1. The van der Waals surface area contributed by atoms with E-state index in [1.165, 1.54) is 18.9 Å². The lowest BCUT2D eigenvalue weighted by molar-refractivity contribution is -0.138. The largest absolute Gasteiger partial charge is 0.496 e. The van der Waals surface area contributed by atoms with Crippen LogP contribution in [0.3, 0.4) is 0 Å². The third-order valence-corrected chi connectivity index (χ3v) is 3.40. The van der Waals surface area contributed by atoms with Crippen molar-refractivity contribution in [1.82, 2.24) is 0 Å². The average Bonchev–Trinajstić information content (AvgIpc) is 2.38. The molecule has 1 unspecified atom stereocenters. The fourth-order valence-electron chi connectivity index (χ4n) is 1.69. The second-order valence-corrected chi connectivity index (χ2v) is 4.42. The number of ether oxygens (including phenoxy) is 2. The van der Waals surface area contributed by atoms with Crippen molar-refractivity contribution in [3.05, 3.63) is 17.7 Å². The smallest absolute Gasteiger partial charge is 0.312 e. The Labute approximate surface area is 110 Å². The van der Waals surface area contributed by atoms with Crippen LogP contribution >= 0.6 is 11.8 Å². The highest BCUT2D eigenvalue weighted by Crippen LogP contribution is 2.37. The Kier molecular flexibility index (Phi) is 5.30. The van der Waals surface area contributed by atoms with Gasteiger partial charge in [0.05, 0.1) is 25.0 Å². The van der Waals surface area contributed by atoms with E-state index in [-0.39, 0.29) is 6.54 Å². The summed E-state index contributed by atoms with van der Waals surface area (Å²) in [5.41, 5.74) is 6.04. The van der Waals surface area contributed by atoms with E-state index in [0.717, 1.165) is 4.90 Å². The third-order valence-electron chi connectivity index (χ3n) is 2.65. The fourth-order valence-corrected chi connectivity index (χ4v) is 2.25. The Morgan fingerprint density at radius 3 is 2.39 bits per heavy atom. The first-order valence-corrected chi connectivity index (χ1v) is 6.54. The number of hydrogen-bond acceptors (Lipinski definition) is 5. The highest BCUT2D eigenvalue weighted by atomic mass is 32.2. The van der Waals surface area contributed by atoms with Gasteiger partial charge in [0.15, 0.2) is 0 Å². The van der Waals surface area contributed by atoms with Crippen molar-refractivity contribution in [2.75, 3.05) is 27.0 Å². The molecule has 1 aromatic carbocycles. The minimum atomic E-state index is -0.977. The summed E-state index contributed by atoms with van der Waals surface area (Å²) in [7, 11) is 3.05. The summed E-state index contributed by atoms with van der Waals surface area (Å²) < 4.78 is 10.5. The molecule has 0 saturated heterocycles. The molecule has 18 heavy (non-hydrogen) atoms. The molecule has 1 aromatic rings. The summed E-state index contributed by atoms with van der Waals surface area (Å²) in [6.45, 7) is 0.00740. The van der Waals surface area contributed by atoms with Gasteiger partial charge in [0, 0.05) is 12.1 Å². The van der Waals surface area contributed by atoms with Crippen molar-refractivity contribution < 1.29 is 19.4 Å². The molecule has 3 N–H and O–H groups in total. The predicted molar refractivity (Wildman–Crippen MR) is 70.8 cm³/mol. The molecule has 0 heterocycles. The van der Waals surface area contributed by atoms with Crippen LogP contribution in [0.15, 0.2) is 17.0 Å². The first-order valence-electron chi connectivity index (χ1n) is 5.31. The topological polar surface area (TPSA) is 81.8 Å². The number of aliphatic carboxylic acids is 1. The molecule has 0 aliphatic carbocycles. The van der Waals surface area contributed by atoms with Crippen LogP contribution in [0, 0.1) is 0 Å². The van der Waals surface area contributed by atoms with Gasteiger partial charge in [0.1, 0.15) is 11.5 Å². The van der Waals surface area contributed by atoms with Crippen molar-refractivity contribution in [1.29, 1.82) is 0 Å². The zero-order valence-electron chi connectivity index (χ0n) is 10.6. The number of hydrogen-bond donors (Lipinski definition) is 2. The van der Waals surface area contributed by atoms with Gasteiger partial charge in [-0.05, 0) is 18.4 Å². The Bertz CT molecular complexity index is 436. The predicted octanol–water partition coefficient (Wildman–Crippen LogP) is 1.55. The third kappa shape index (κ3) is 2.88. The van der Waals surface area contributed by atoms with E-state index in [2.05, 4.69) is 0 Å². The van der Waals surface area contributed by atoms with E-state index in [4.69, 9.17) is 20.3 Å². The second-order valence-electron chi connectivity index (χ2n) is 3.58. The molecule has 0 amide bonds. The highest BCUT2D eigenvalue weighted by Gasteiger charge is 2.24. The van der Waals surface area contributed by atoms with Crippen LogP contribution in [-0.2, 0) is 4.79 Å². The number of thioether (sulfide) groups is 1. The zero-order valence-corrected chi connectivity index (χ0v) is 11.4. The molecule has 0 spiro atoms. The van der Waals surface area contributed by atoms with Crippen LogP contribution in [-0.4, -0.2) is 38.1 Å². The maximum Gasteiger partial charge on any atom is 0.312 e. The number of benzene rings is 1. The second kappa shape index (κ2) is 6.51. The van der Waals surface area contributed by atoms with Crippen LogP contribution in [0.5, 0.6) is 11.5 Å². The zero-order chi connectivity index (χ0) is 13.7. The molecule has 0 radical (unpaired) electrons. The summed E-state index contributed by atoms with van der Waals surface area (Å²) in [4.78, 5) is 12.1. The first kappa shape index (κ1) is 14.7. The van der Waals surface area contributed by atoms with Gasteiger partial charge >= 0.3 is 5.97 Å². The van der Waals surface area contributed by atoms with Gasteiger partial charge < -0.3 is 20.3 Å². The van der Waals surface area contributed by atoms with E-state index in [1.807, 2.05) is 6.26 Å². The lowest BCUT2D eigenvalue weighted by Crippen LogP contribution is -2.21. The van der Waals surface area contributed by atoms with Crippen molar-refractivity contribution in [3.8, 4) is 11.5 Å². The number of carbonyl (C=O) groups is 1. The Balaban J connectivity index is 3.36. The van der Waals surface area contributed by atoms with E-state index < -0.39 is 11.9 Å². The summed E-state index contributed by atoms with van der Waals surface area (Å²) in [5.74, 6) is -0.643. The molecule has 100 valence electrons. The van der Waals surface area contributed by atoms with Crippen LogP contribution in [0.1, 0.15) is 11.5 Å². The quantitative estimate of drug-likeness (QED) is 0.764. The summed E-state index contributed by atoms with van der Waals surface area (Å²) >= 11 is 1.50. The lowest BCUT2D eigenvalue weighted by atomic mass is 9.98. The molecule has 6 heteroatoms. The van der Waals surface area contributed by atoms with Crippen LogP contribution in [0.25, 0.3) is 0 Å². The molecule has 0 saturated carbocycles. The standard InChI is InChI=1S/C12H17NO4S/c1-16-9-5-11(18-3)10(17-2)4-7(9)8(6-13)12(14)15/h4-5,8H,6,13H2,1-3H3,(H,14,15). The normalized spacial score (nSPS) is 12.0. The van der Waals surface area contributed by atoms with E-state index >= 15 is 0 Å². The molecule has 0 fully saturated rings. The minimum absolute atomic E-state index is 0.00740. The lowest BCUT2D eigenvalue weighted by Gasteiger charge is -2.17. The summed E-state index contributed by atoms with van der Waals surface area (Å²) in [6, 6.07) is 3.45. The SMILES string of the molecule is COc1cc(C(CN)C(=O)O)c(OC)cc1SC. The van der Waals surface area contributed by atoms with Crippen molar-refractivity contribution >= 4 is 17.7 Å². The monoisotopic (exact) mass is 271 g/mol. The van der Waals surface area contributed by atoms with Crippen LogP contribution in [0.2, 0.25) is 0 Å². The molecule has 0 aliphatic heterocycles. The van der Waals surface area contributed by atoms with Gasteiger partial charge in [0.25, 0.3) is 0 Å².